The largest absolute Gasteiger partial charge is 0.261 e. The first kappa shape index (κ1) is 18.3. The molecular weight excluding hydrogens is 206 g/mol. The normalized spacial score (nSPS) is 8.35. The van der Waals surface area contributed by atoms with Crippen molar-refractivity contribution in [2.75, 3.05) is 0 Å². The van der Waals surface area contributed by atoms with Gasteiger partial charge in [-0.25, -0.2) is 0 Å². The van der Waals surface area contributed by atoms with Crippen LogP contribution in [0.5, 0.6) is 0 Å². The van der Waals surface area contributed by atoms with Crippen LogP contribution in [-0.2, 0) is 0 Å². The van der Waals surface area contributed by atoms with Crippen LogP contribution in [0.1, 0.15) is 63.8 Å². The smallest absolute Gasteiger partial charge is 0.0378 e. The van der Waals surface area contributed by atoms with Gasteiger partial charge in [0.15, 0.2) is 0 Å². The summed E-state index contributed by atoms with van der Waals surface area (Å²) in [5.41, 5.74) is 3.40. The lowest BCUT2D eigenvalue weighted by Crippen LogP contribution is -1.85. The van der Waals surface area contributed by atoms with Crippen LogP contribution in [0.15, 0.2) is 18.8 Å². The molecule has 0 saturated heterocycles. The molecule has 0 radical (unpaired) electrons. The van der Waals surface area contributed by atoms with E-state index < -0.39 is 0 Å². The minimum atomic E-state index is 1.04. The third-order valence-corrected chi connectivity index (χ3v) is 2.00. The Bertz CT molecular complexity index is 288. The molecule has 0 amide bonds. The first-order chi connectivity index (χ1) is 8.06. The second-order valence-electron chi connectivity index (χ2n) is 4.09. The maximum Gasteiger partial charge on any atom is 0.0378 e. The van der Waals surface area contributed by atoms with Gasteiger partial charge in [-0.05, 0) is 31.0 Å². The fourth-order valence-electron chi connectivity index (χ4n) is 0.869. The first-order valence-electron chi connectivity index (χ1n) is 6.62. The Kier molecular flexibility index (Phi) is 13.9. The topological polar surface area (TPSA) is 12.9 Å². The third kappa shape index (κ3) is 11.2. The van der Waals surface area contributed by atoms with Gasteiger partial charge >= 0.3 is 0 Å². The maximum absolute atomic E-state index is 4.14. The van der Waals surface area contributed by atoms with Crippen molar-refractivity contribution in [3.63, 3.8) is 0 Å². The summed E-state index contributed by atoms with van der Waals surface area (Å²) in [5.74, 6) is 0. The number of hydrogen-bond acceptors (Lipinski definition) is 1. The Morgan fingerprint density at radius 2 is 1.59 bits per heavy atom. The molecule has 1 aromatic heterocycles. The van der Waals surface area contributed by atoms with Crippen LogP contribution in [0.2, 0.25) is 0 Å². The van der Waals surface area contributed by atoms with E-state index in [0.29, 0.717) is 0 Å². The van der Waals surface area contributed by atoms with Gasteiger partial charge in [-0.1, -0.05) is 59.6 Å². The number of aromatic nitrogens is 1. The van der Waals surface area contributed by atoms with E-state index in [9.17, 15) is 0 Å². The molecule has 98 valence electrons. The van der Waals surface area contributed by atoms with Gasteiger partial charge in [-0.3, -0.25) is 4.98 Å². The zero-order valence-electron chi connectivity index (χ0n) is 12.5. The van der Waals surface area contributed by atoms with Crippen molar-refractivity contribution in [3.05, 3.63) is 35.7 Å². The maximum atomic E-state index is 4.14. The van der Waals surface area contributed by atoms with E-state index >= 15 is 0 Å². The monoisotopic (exact) mass is 235 g/mol. The van der Waals surface area contributed by atoms with E-state index in [1.54, 1.807) is 0 Å². The first-order valence-corrected chi connectivity index (χ1v) is 6.62. The quantitative estimate of drug-likeness (QED) is 0.653. The molecule has 0 bridgehead atoms. The lowest BCUT2D eigenvalue weighted by atomic mass is 10.1. The van der Waals surface area contributed by atoms with Crippen LogP contribution < -0.4 is 0 Å². The molecule has 0 aromatic carbocycles. The average Bonchev–Trinajstić information content (AvgIpc) is 2.33. The Morgan fingerprint density at radius 1 is 1.12 bits per heavy atom. The molecule has 0 unspecified atom stereocenters. The van der Waals surface area contributed by atoms with Gasteiger partial charge in [-0.2, -0.15) is 0 Å². The predicted octanol–water partition coefficient (Wildman–Crippen LogP) is 5.56. The molecule has 17 heavy (non-hydrogen) atoms. The van der Waals surface area contributed by atoms with Gasteiger partial charge in [0.25, 0.3) is 0 Å². The fourth-order valence-corrected chi connectivity index (χ4v) is 0.869. The number of pyridine rings is 1. The van der Waals surface area contributed by atoms with Crippen molar-refractivity contribution >= 4 is 6.08 Å². The van der Waals surface area contributed by atoms with Gasteiger partial charge in [0.05, 0.1) is 0 Å². The Morgan fingerprint density at radius 3 is 1.88 bits per heavy atom. The molecular formula is C16H29N. The number of aryl methyl sites for hydroxylation is 2. The molecule has 0 saturated carbocycles. The van der Waals surface area contributed by atoms with Crippen molar-refractivity contribution in [1.82, 2.24) is 4.98 Å². The molecule has 1 heterocycles. The number of nitrogens with zero attached hydrogens (tertiary/aromatic N) is 1. The SMILES string of the molecule is C=Cc1cc(C)ncc1C.CCC.CCCC. The summed E-state index contributed by atoms with van der Waals surface area (Å²) in [4.78, 5) is 4.14. The highest BCUT2D eigenvalue weighted by Crippen LogP contribution is 2.08. The predicted molar refractivity (Wildman–Crippen MR) is 80.3 cm³/mol. The van der Waals surface area contributed by atoms with E-state index in [2.05, 4.69) is 39.3 Å². The molecule has 1 aromatic rings. The molecule has 0 fully saturated rings. The second kappa shape index (κ2) is 13.0. The van der Waals surface area contributed by atoms with E-state index in [1.165, 1.54) is 30.4 Å². The highest BCUT2D eigenvalue weighted by molar-refractivity contribution is 5.50. The van der Waals surface area contributed by atoms with Crippen molar-refractivity contribution in [1.29, 1.82) is 0 Å². The molecule has 0 aliphatic rings. The minimum absolute atomic E-state index is 1.04. The summed E-state index contributed by atoms with van der Waals surface area (Å²) in [7, 11) is 0. The van der Waals surface area contributed by atoms with Crippen LogP contribution in [0, 0.1) is 13.8 Å². The van der Waals surface area contributed by atoms with Crippen LogP contribution in [-0.4, -0.2) is 4.98 Å². The molecule has 1 nitrogen and oxygen atoms in total. The van der Waals surface area contributed by atoms with Crippen LogP contribution in [0.25, 0.3) is 6.08 Å². The van der Waals surface area contributed by atoms with Crippen LogP contribution in [0.4, 0.5) is 0 Å². The van der Waals surface area contributed by atoms with Crippen molar-refractivity contribution in [2.24, 2.45) is 0 Å². The number of unbranched alkanes of at least 4 members (excludes halogenated alkanes) is 1. The van der Waals surface area contributed by atoms with Gasteiger partial charge < -0.3 is 0 Å². The summed E-state index contributed by atoms with van der Waals surface area (Å²) in [6, 6.07) is 2.03. The summed E-state index contributed by atoms with van der Waals surface area (Å²) in [5, 5.41) is 0. The fraction of sp³-hybridized carbons (Fsp3) is 0.562. The molecule has 0 aliphatic heterocycles. The molecule has 1 rings (SSSR count). The molecule has 0 atom stereocenters. The van der Waals surface area contributed by atoms with Gasteiger partial charge in [0.2, 0.25) is 0 Å². The lowest BCUT2D eigenvalue weighted by Gasteiger charge is -1.98. The molecule has 0 aliphatic carbocycles. The Balaban J connectivity index is 0. The second-order valence-corrected chi connectivity index (χ2v) is 4.09. The summed E-state index contributed by atoms with van der Waals surface area (Å²) < 4.78 is 0. The Labute approximate surface area is 108 Å². The van der Waals surface area contributed by atoms with E-state index in [0.717, 1.165) is 5.69 Å². The zero-order valence-corrected chi connectivity index (χ0v) is 12.5. The molecule has 0 N–H and O–H groups in total. The van der Waals surface area contributed by atoms with Crippen LogP contribution in [0.3, 0.4) is 0 Å². The van der Waals surface area contributed by atoms with Gasteiger partial charge in [-0.15, -0.1) is 0 Å². The summed E-state index contributed by atoms with van der Waals surface area (Å²) in [6.07, 6.45) is 7.61. The highest BCUT2D eigenvalue weighted by Gasteiger charge is 1.92. The Hall–Kier alpha value is -1.11. The van der Waals surface area contributed by atoms with E-state index in [1.807, 2.05) is 32.2 Å². The lowest BCUT2D eigenvalue weighted by molar-refractivity contribution is 0.886. The zero-order chi connectivity index (χ0) is 13.7. The highest BCUT2D eigenvalue weighted by atomic mass is 14.7. The third-order valence-electron chi connectivity index (χ3n) is 2.00. The minimum Gasteiger partial charge on any atom is -0.261 e. The van der Waals surface area contributed by atoms with E-state index in [-0.39, 0.29) is 0 Å². The van der Waals surface area contributed by atoms with Crippen molar-refractivity contribution in [2.45, 2.75) is 60.8 Å². The molecule has 0 spiro atoms. The number of rotatable bonds is 2. The summed E-state index contributed by atoms with van der Waals surface area (Å²) >= 11 is 0. The summed E-state index contributed by atoms with van der Waals surface area (Å²) in [6.45, 7) is 16.3. The van der Waals surface area contributed by atoms with Crippen molar-refractivity contribution < 1.29 is 0 Å². The number of hydrogen-bond donors (Lipinski definition) is 0. The van der Waals surface area contributed by atoms with Gasteiger partial charge in [0.1, 0.15) is 0 Å². The van der Waals surface area contributed by atoms with Crippen molar-refractivity contribution in [3.8, 4) is 0 Å². The van der Waals surface area contributed by atoms with E-state index in [4.69, 9.17) is 0 Å². The van der Waals surface area contributed by atoms with Crippen LogP contribution >= 0.6 is 0 Å². The van der Waals surface area contributed by atoms with Gasteiger partial charge in [0, 0.05) is 11.9 Å². The molecule has 1 heteroatoms. The average molecular weight is 235 g/mol. The standard InChI is InChI=1S/C9H11N.C4H10.C3H8/c1-4-9-5-8(3)10-6-7(9)2;1-3-4-2;1-3-2/h4-6H,1H2,2-3H3;3-4H2,1-2H3;3H2,1-2H3.